The summed E-state index contributed by atoms with van der Waals surface area (Å²) in [7, 11) is 0. The molecule has 0 heterocycles. The lowest BCUT2D eigenvalue weighted by Crippen LogP contribution is -2.27. The first-order valence-electron chi connectivity index (χ1n) is 7.36. The Balaban J connectivity index is 0.00000147. The van der Waals surface area contributed by atoms with Crippen LogP contribution < -0.4 is 11.1 Å². The maximum absolute atomic E-state index is 12.0. The van der Waals surface area contributed by atoms with Crippen molar-refractivity contribution in [3.8, 4) is 0 Å². The Kier molecular flexibility index (Phi) is 4.92. The van der Waals surface area contributed by atoms with Crippen LogP contribution in [-0.2, 0) is 0 Å². The number of carbonyl (C=O) groups is 1. The van der Waals surface area contributed by atoms with Crippen molar-refractivity contribution in [3.05, 3.63) is 29.8 Å². The summed E-state index contributed by atoms with van der Waals surface area (Å²) in [5.41, 5.74) is 6.99. The Morgan fingerprint density at radius 3 is 2.80 bits per heavy atom. The van der Waals surface area contributed by atoms with Crippen LogP contribution in [0.5, 0.6) is 0 Å². The molecule has 110 valence electrons. The molecule has 3 rings (SSSR count). The standard InChI is InChI=1S/C16H22N2O.ClH/c17-15-3-1-2-14(10-15)16(19)18-7-6-13-9-11-4-5-12(13)8-11;/h1-3,10-13H,4-9,17H2,(H,18,19);1H. The summed E-state index contributed by atoms with van der Waals surface area (Å²) in [5.74, 6) is 2.77. The van der Waals surface area contributed by atoms with Crippen LogP contribution >= 0.6 is 12.4 Å². The molecule has 2 aliphatic rings. The Bertz CT molecular complexity index is 477. The lowest BCUT2D eigenvalue weighted by Gasteiger charge is -2.21. The molecular formula is C16H23ClN2O. The summed E-state index contributed by atoms with van der Waals surface area (Å²) in [5, 5.41) is 3.02. The van der Waals surface area contributed by atoms with E-state index in [1.807, 2.05) is 12.1 Å². The zero-order chi connectivity index (χ0) is 13.2. The molecule has 3 nitrogen and oxygen atoms in total. The van der Waals surface area contributed by atoms with Gasteiger partial charge in [-0.3, -0.25) is 4.79 Å². The van der Waals surface area contributed by atoms with Crippen molar-refractivity contribution in [2.24, 2.45) is 17.8 Å². The van der Waals surface area contributed by atoms with Crippen LogP contribution in [0.2, 0.25) is 0 Å². The van der Waals surface area contributed by atoms with Gasteiger partial charge < -0.3 is 11.1 Å². The van der Waals surface area contributed by atoms with Gasteiger partial charge in [-0.05, 0) is 61.6 Å². The fraction of sp³-hybridized carbons (Fsp3) is 0.562. The van der Waals surface area contributed by atoms with Crippen molar-refractivity contribution in [2.75, 3.05) is 12.3 Å². The van der Waals surface area contributed by atoms with E-state index in [0.717, 1.165) is 30.7 Å². The SMILES string of the molecule is Cl.Nc1cccc(C(=O)NCCC2CC3CCC2C3)c1. The summed E-state index contributed by atoms with van der Waals surface area (Å²) in [6.07, 6.45) is 6.82. The second-order valence-corrected chi connectivity index (χ2v) is 6.10. The first-order valence-corrected chi connectivity index (χ1v) is 7.36. The first-order chi connectivity index (χ1) is 9.22. The van der Waals surface area contributed by atoms with E-state index >= 15 is 0 Å². The van der Waals surface area contributed by atoms with Crippen molar-refractivity contribution in [2.45, 2.75) is 32.1 Å². The lowest BCUT2D eigenvalue weighted by atomic mass is 9.86. The van der Waals surface area contributed by atoms with Gasteiger partial charge in [0.2, 0.25) is 0 Å². The van der Waals surface area contributed by atoms with Gasteiger partial charge in [-0.15, -0.1) is 12.4 Å². The molecule has 1 amide bonds. The van der Waals surface area contributed by atoms with Gasteiger partial charge in [0.1, 0.15) is 0 Å². The minimum Gasteiger partial charge on any atom is -0.399 e. The molecule has 3 N–H and O–H groups in total. The fourth-order valence-corrected chi connectivity index (χ4v) is 3.88. The number of carbonyl (C=O) groups excluding carboxylic acids is 1. The molecule has 4 heteroatoms. The van der Waals surface area contributed by atoms with Crippen LogP contribution in [0.3, 0.4) is 0 Å². The molecular weight excluding hydrogens is 272 g/mol. The van der Waals surface area contributed by atoms with E-state index < -0.39 is 0 Å². The molecule has 0 radical (unpaired) electrons. The van der Waals surface area contributed by atoms with Gasteiger partial charge >= 0.3 is 0 Å². The summed E-state index contributed by atoms with van der Waals surface area (Å²) in [6.45, 7) is 0.793. The average Bonchev–Trinajstić information content (AvgIpc) is 3.01. The normalized spacial score (nSPS) is 27.1. The van der Waals surface area contributed by atoms with Crippen molar-refractivity contribution in [1.82, 2.24) is 5.32 Å². The molecule has 3 unspecified atom stereocenters. The third kappa shape index (κ3) is 3.26. The molecule has 3 atom stereocenters. The van der Waals surface area contributed by atoms with Crippen molar-refractivity contribution in [3.63, 3.8) is 0 Å². The highest BCUT2D eigenvalue weighted by Gasteiger charge is 2.38. The maximum atomic E-state index is 12.0. The van der Waals surface area contributed by atoms with Gasteiger partial charge in [0.05, 0.1) is 0 Å². The first kappa shape index (κ1) is 15.2. The number of hydrogen-bond acceptors (Lipinski definition) is 2. The number of fused-ring (bicyclic) bond motifs is 2. The van der Waals surface area contributed by atoms with Crippen molar-refractivity contribution < 1.29 is 4.79 Å². The predicted molar refractivity (Wildman–Crippen MR) is 84.0 cm³/mol. The predicted octanol–water partition coefficient (Wildman–Crippen LogP) is 3.25. The van der Waals surface area contributed by atoms with Crippen LogP contribution in [0, 0.1) is 17.8 Å². The molecule has 20 heavy (non-hydrogen) atoms. The van der Waals surface area contributed by atoms with Gasteiger partial charge in [-0.1, -0.05) is 12.5 Å². The minimum absolute atomic E-state index is 0. The second kappa shape index (κ2) is 6.49. The summed E-state index contributed by atoms with van der Waals surface area (Å²) >= 11 is 0. The Morgan fingerprint density at radius 2 is 2.15 bits per heavy atom. The molecule has 2 bridgehead atoms. The summed E-state index contributed by atoms with van der Waals surface area (Å²) < 4.78 is 0. The number of anilines is 1. The number of nitrogen functional groups attached to an aromatic ring is 1. The summed E-state index contributed by atoms with van der Waals surface area (Å²) in [4.78, 5) is 12.0. The molecule has 1 aromatic carbocycles. The highest BCUT2D eigenvalue weighted by atomic mass is 35.5. The third-order valence-electron chi connectivity index (χ3n) is 4.83. The van der Waals surface area contributed by atoms with E-state index in [1.54, 1.807) is 12.1 Å². The second-order valence-electron chi connectivity index (χ2n) is 6.10. The van der Waals surface area contributed by atoms with Crippen LogP contribution in [0.25, 0.3) is 0 Å². The fourth-order valence-electron chi connectivity index (χ4n) is 3.88. The number of amides is 1. The highest BCUT2D eigenvalue weighted by molar-refractivity contribution is 5.94. The van der Waals surface area contributed by atoms with Gasteiger partial charge in [-0.2, -0.15) is 0 Å². The number of rotatable bonds is 4. The molecule has 2 aliphatic carbocycles. The number of nitrogens with two attached hydrogens (primary N) is 1. The molecule has 2 saturated carbocycles. The zero-order valence-corrected chi connectivity index (χ0v) is 12.5. The average molecular weight is 295 g/mol. The lowest BCUT2D eigenvalue weighted by molar-refractivity contribution is 0.0950. The zero-order valence-electron chi connectivity index (χ0n) is 11.7. The molecule has 0 aliphatic heterocycles. The van der Waals surface area contributed by atoms with Crippen molar-refractivity contribution >= 4 is 24.0 Å². The van der Waals surface area contributed by atoms with Gasteiger partial charge in [0.25, 0.3) is 5.91 Å². The Labute approximate surface area is 126 Å². The summed E-state index contributed by atoms with van der Waals surface area (Å²) in [6, 6.07) is 7.16. The third-order valence-corrected chi connectivity index (χ3v) is 4.83. The van der Waals surface area contributed by atoms with Crippen LogP contribution in [0.4, 0.5) is 5.69 Å². The molecule has 0 spiro atoms. The van der Waals surface area contributed by atoms with E-state index in [-0.39, 0.29) is 18.3 Å². The van der Waals surface area contributed by atoms with Crippen molar-refractivity contribution in [1.29, 1.82) is 0 Å². The molecule has 1 aromatic rings. The topological polar surface area (TPSA) is 55.1 Å². The van der Waals surface area contributed by atoms with E-state index in [0.29, 0.717) is 11.3 Å². The van der Waals surface area contributed by atoms with Crippen LogP contribution in [-0.4, -0.2) is 12.5 Å². The molecule has 0 aromatic heterocycles. The Morgan fingerprint density at radius 1 is 1.30 bits per heavy atom. The highest BCUT2D eigenvalue weighted by Crippen LogP contribution is 2.49. The van der Waals surface area contributed by atoms with Crippen LogP contribution in [0.15, 0.2) is 24.3 Å². The van der Waals surface area contributed by atoms with E-state index in [1.165, 1.54) is 25.7 Å². The van der Waals surface area contributed by atoms with E-state index in [4.69, 9.17) is 5.73 Å². The van der Waals surface area contributed by atoms with E-state index in [9.17, 15) is 4.79 Å². The monoisotopic (exact) mass is 294 g/mol. The quantitative estimate of drug-likeness (QED) is 0.838. The molecule has 2 fully saturated rings. The van der Waals surface area contributed by atoms with Gasteiger partial charge in [0.15, 0.2) is 0 Å². The van der Waals surface area contributed by atoms with E-state index in [2.05, 4.69) is 5.32 Å². The number of halogens is 1. The Hall–Kier alpha value is -1.22. The van der Waals surface area contributed by atoms with Crippen LogP contribution in [0.1, 0.15) is 42.5 Å². The molecule has 0 saturated heterocycles. The van der Waals surface area contributed by atoms with Gasteiger partial charge in [-0.25, -0.2) is 0 Å². The largest absolute Gasteiger partial charge is 0.399 e. The minimum atomic E-state index is -0.00421. The maximum Gasteiger partial charge on any atom is 0.251 e. The smallest absolute Gasteiger partial charge is 0.251 e. The van der Waals surface area contributed by atoms with Gasteiger partial charge in [0, 0.05) is 17.8 Å². The number of nitrogens with one attached hydrogen (secondary N) is 1. The number of hydrogen-bond donors (Lipinski definition) is 2. The number of benzene rings is 1.